The van der Waals surface area contributed by atoms with E-state index in [2.05, 4.69) is 0 Å². The van der Waals surface area contributed by atoms with Crippen LogP contribution < -0.4 is 0 Å². The van der Waals surface area contributed by atoms with Gasteiger partial charge in [0.1, 0.15) is 0 Å². The van der Waals surface area contributed by atoms with E-state index in [1.54, 1.807) is 6.07 Å². The van der Waals surface area contributed by atoms with E-state index in [1.165, 1.54) is 38.5 Å². The average molecular weight is 251 g/mol. The summed E-state index contributed by atoms with van der Waals surface area (Å²) in [5, 5.41) is 0.589. The molecular formula is C15H19ClO. The van der Waals surface area contributed by atoms with E-state index in [4.69, 9.17) is 11.6 Å². The fourth-order valence-electron chi connectivity index (χ4n) is 2.63. The fraction of sp³-hybridized carbons (Fsp3) is 0.533. The highest BCUT2D eigenvalue weighted by atomic mass is 35.5. The Hall–Kier alpha value is -0.820. The van der Waals surface area contributed by atoms with Crippen LogP contribution in [0.15, 0.2) is 24.3 Å². The van der Waals surface area contributed by atoms with Crippen LogP contribution in [0.4, 0.5) is 0 Å². The molecule has 1 saturated carbocycles. The molecule has 1 aliphatic carbocycles. The lowest BCUT2D eigenvalue weighted by atomic mass is 9.92. The summed E-state index contributed by atoms with van der Waals surface area (Å²) >= 11 is 6.05. The zero-order chi connectivity index (χ0) is 12.1. The van der Waals surface area contributed by atoms with Gasteiger partial charge in [0.2, 0.25) is 0 Å². The lowest BCUT2D eigenvalue weighted by molar-refractivity contribution is 0.0957. The fourth-order valence-corrected chi connectivity index (χ4v) is 2.87. The molecule has 0 amide bonds. The Kier molecular flexibility index (Phi) is 4.61. The molecule has 1 aromatic rings. The summed E-state index contributed by atoms with van der Waals surface area (Å²) < 4.78 is 0. The maximum Gasteiger partial charge on any atom is 0.164 e. The number of carbonyl (C=O) groups excluding carboxylic acids is 1. The Labute approximate surface area is 108 Å². The standard InChI is InChI=1S/C15H19ClO/c16-14-10-6-5-9-13(14)15(17)11-12-7-3-1-2-4-8-12/h5-6,9-10,12H,1-4,7-8,11H2. The normalized spacial score (nSPS) is 17.7. The van der Waals surface area contributed by atoms with Crippen LogP contribution in [0.3, 0.4) is 0 Å². The highest BCUT2D eigenvalue weighted by molar-refractivity contribution is 6.33. The number of rotatable bonds is 3. The zero-order valence-corrected chi connectivity index (χ0v) is 10.9. The Morgan fingerprint density at radius 2 is 1.76 bits per heavy atom. The van der Waals surface area contributed by atoms with E-state index in [1.807, 2.05) is 18.2 Å². The van der Waals surface area contributed by atoms with Crippen LogP contribution in [0.25, 0.3) is 0 Å². The van der Waals surface area contributed by atoms with E-state index in [9.17, 15) is 4.79 Å². The van der Waals surface area contributed by atoms with Crippen molar-refractivity contribution in [2.24, 2.45) is 5.92 Å². The second kappa shape index (κ2) is 6.20. The van der Waals surface area contributed by atoms with Gasteiger partial charge in [-0.3, -0.25) is 4.79 Å². The van der Waals surface area contributed by atoms with Crippen molar-refractivity contribution in [3.05, 3.63) is 34.9 Å². The van der Waals surface area contributed by atoms with Crippen molar-refractivity contribution in [3.63, 3.8) is 0 Å². The minimum atomic E-state index is 0.211. The molecule has 1 nitrogen and oxygen atoms in total. The lowest BCUT2D eigenvalue weighted by Crippen LogP contribution is -2.08. The first-order valence-corrected chi connectivity index (χ1v) is 6.93. The van der Waals surface area contributed by atoms with Gasteiger partial charge in [0.25, 0.3) is 0 Å². The molecule has 2 heteroatoms. The molecule has 2 rings (SSSR count). The van der Waals surface area contributed by atoms with E-state index in [0.29, 0.717) is 22.9 Å². The van der Waals surface area contributed by atoms with E-state index in [-0.39, 0.29) is 5.78 Å². The Morgan fingerprint density at radius 3 is 2.41 bits per heavy atom. The molecule has 0 N–H and O–H groups in total. The summed E-state index contributed by atoms with van der Waals surface area (Å²) in [7, 11) is 0. The SMILES string of the molecule is O=C(CC1CCCCCC1)c1ccccc1Cl. The molecule has 1 aromatic carbocycles. The van der Waals surface area contributed by atoms with Crippen molar-refractivity contribution in [1.82, 2.24) is 0 Å². The Morgan fingerprint density at radius 1 is 1.12 bits per heavy atom. The predicted molar refractivity (Wildman–Crippen MR) is 71.6 cm³/mol. The van der Waals surface area contributed by atoms with E-state index < -0.39 is 0 Å². The number of ketones is 1. The molecular weight excluding hydrogens is 232 g/mol. The molecule has 0 heterocycles. The molecule has 0 aliphatic heterocycles. The summed E-state index contributed by atoms with van der Waals surface area (Å²) in [5.41, 5.74) is 0.693. The molecule has 1 aliphatic rings. The van der Waals surface area contributed by atoms with Gasteiger partial charge >= 0.3 is 0 Å². The quantitative estimate of drug-likeness (QED) is 0.552. The van der Waals surface area contributed by atoms with Crippen LogP contribution in [0.2, 0.25) is 5.02 Å². The third-order valence-electron chi connectivity index (χ3n) is 3.62. The Bertz CT molecular complexity index is 378. The van der Waals surface area contributed by atoms with Crippen molar-refractivity contribution in [2.45, 2.75) is 44.9 Å². The molecule has 17 heavy (non-hydrogen) atoms. The maximum atomic E-state index is 12.2. The molecule has 0 unspecified atom stereocenters. The maximum absolute atomic E-state index is 12.2. The van der Waals surface area contributed by atoms with Crippen LogP contribution in [0, 0.1) is 5.92 Å². The van der Waals surface area contributed by atoms with Crippen molar-refractivity contribution in [2.75, 3.05) is 0 Å². The number of hydrogen-bond donors (Lipinski definition) is 0. The summed E-state index contributed by atoms with van der Waals surface area (Å²) in [6, 6.07) is 7.38. The summed E-state index contributed by atoms with van der Waals surface area (Å²) in [6.07, 6.45) is 8.30. The van der Waals surface area contributed by atoms with Gasteiger partial charge in [0.05, 0.1) is 5.02 Å². The Balaban J connectivity index is 1.98. The van der Waals surface area contributed by atoms with Gasteiger partial charge in [-0.05, 0) is 18.1 Å². The van der Waals surface area contributed by atoms with Gasteiger partial charge in [0, 0.05) is 12.0 Å². The lowest BCUT2D eigenvalue weighted by Gasteiger charge is -2.13. The van der Waals surface area contributed by atoms with Crippen LogP contribution >= 0.6 is 11.6 Å². The first kappa shape index (κ1) is 12.6. The van der Waals surface area contributed by atoms with Crippen molar-refractivity contribution >= 4 is 17.4 Å². The molecule has 0 saturated heterocycles. The summed E-state index contributed by atoms with van der Waals surface area (Å²) in [5.74, 6) is 0.781. The number of hydrogen-bond acceptors (Lipinski definition) is 1. The first-order valence-electron chi connectivity index (χ1n) is 6.55. The predicted octanol–water partition coefficient (Wildman–Crippen LogP) is 4.88. The largest absolute Gasteiger partial charge is 0.294 e. The van der Waals surface area contributed by atoms with Crippen LogP contribution in [0.1, 0.15) is 55.3 Å². The number of halogens is 1. The zero-order valence-electron chi connectivity index (χ0n) is 10.1. The number of benzene rings is 1. The minimum Gasteiger partial charge on any atom is -0.294 e. The van der Waals surface area contributed by atoms with E-state index in [0.717, 1.165) is 0 Å². The van der Waals surface area contributed by atoms with Gasteiger partial charge in [-0.1, -0.05) is 62.3 Å². The van der Waals surface area contributed by atoms with Crippen molar-refractivity contribution in [1.29, 1.82) is 0 Å². The highest BCUT2D eigenvalue weighted by Gasteiger charge is 2.18. The van der Waals surface area contributed by atoms with Crippen LogP contribution in [0.5, 0.6) is 0 Å². The smallest absolute Gasteiger partial charge is 0.164 e. The molecule has 92 valence electrons. The first-order chi connectivity index (χ1) is 8.27. The molecule has 1 fully saturated rings. The third kappa shape index (κ3) is 3.57. The topological polar surface area (TPSA) is 17.1 Å². The van der Waals surface area contributed by atoms with Gasteiger partial charge < -0.3 is 0 Å². The summed E-state index contributed by atoms with van der Waals surface area (Å²) in [6.45, 7) is 0. The highest BCUT2D eigenvalue weighted by Crippen LogP contribution is 2.27. The second-order valence-electron chi connectivity index (χ2n) is 4.96. The molecule has 0 bridgehead atoms. The van der Waals surface area contributed by atoms with Gasteiger partial charge in [-0.15, -0.1) is 0 Å². The van der Waals surface area contributed by atoms with Gasteiger partial charge in [-0.25, -0.2) is 0 Å². The molecule has 0 atom stereocenters. The summed E-state index contributed by atoms with van der Waals surface area (Å²) in [4.78, 5) is 12.2. The second-order valence-corrected chi connectivity index (χ2v) is 5.37. The minimum absolute atomic E-state index is 0.211. The van der Waals surface area contributed by atoms with Crippen molar-refractivity contribution in [3.8, 4) is 0 Å². The molecule has 0 spiro atoms. The van der Waals surface area contributed by atoms with Gasteiger partial charge in [-0.2, -0.15) is 0 Å². The number of carbonyl (C=O) groups is 1. The molecule has 0 aromatic heterocycles. The van der Waals surface area contributed by atoms with Crippen LogP contribution in [-0.2, 0) is 0 Å². The van der Waals surface area contributed by atoms with Crippen molar-refractivity contribution < 1.29 is 4.79 Å². The van der Waals surface area contributed by atoms with Crippen LogP contribution in [-0.4, -0.2) is 5.78 Å². The third-order valence-corrected chi connectivity index (χ3v) is 3.95. The van der Waals surface area contributed by atoms with E-state index >= 15 is 0 Å². The monoisotopic (exact) mass is 250 g/mol. The average Bonchev–Trinajstić information content (AvgIpc) is 2.58. The van der Waals surface area contributed by atoms with Gasteiger partial charge in [0.15, 0.2) is 5.78 Å². The molecule has 0 radical (unpaired) electrons. The number of Topliss-reactive ketones (excluding diaryl/α,β-unsaturated/α-hetero) is 1.